The Balaban J connectivity index is 2.31. The van der Waals surface area contributed by atoms with Gasteiger partial charge in [0.2, 0.25) is 0 Å². The molecule has 20 heavy (non-hydrogen) atoms. The zero-order chi connectivity index (χ0) is 14.8. The van der Waals surface area contributed by atoms with E-state index in [1.165, 1.54) is 11.3 Å². The lowest BCUT2D eigenvalue weighted by Crippen LogP contribution is -2.31. The lowest BCUT2D eigenvalue weighted by Gasteiger charge is -2.19. The monoisotopic (exact) mass is 290 g/mol. The third-order valence-corrected chi connectivity index (χ3v) is 3.93. The predicted molar refractivity (Wildman–Crippen MR) is 79.7 cm³/mol. The maximum Gasteiger partial charge on any atom is 0.317 e. The van der Waals surface area contributed by atoms with E-state index in [9.17, 15) is 4.79 Å². The van der Waals surface area contributed by atoms with Gasteiger partial charge in [0.25, 0.3) is 0 Å². The Morgan fingerprint density at radius 2 is 2.20 bits per heavy atom. The molecule has 5 heteroatoms. The van der Waals surface area contributed by atoms with Gasteiger partial charge in [-0.05, 0) is 45.4 Å². The van der Waals surface area contributed by atoms with E-state index in [1.54, 1.807) is 13.1 Å². The first-order valence-corrected chi connectivity index (χ1v) is 7.39. The van der Waals surface area contributed by atoms with E-state index in [0.29, 0.717) is 6.61 Å². The molecule has 0 amide bonds. The van der Waals surface area contributed by atoms with Gasteiger partial charge in [-0.1, -0.05) is 0 Å². The van der Waals surface area contributed by atoms with Crippen molar-refractivity contribution in [2.45, 2.75) is 33.1 Å². The number of nitrogens with zero attached hydrogens (tertiary/aromatic N) is 2. The van der Waals surface area contributed by atoms with Gasteiger partial charge in [-0.25, -0.2) is 4.98 Å². The quantitative estimate of drug-likeness (QED) is 0.810. The molecule has 0 fully saturated rings. The molecule has 4 nitrogen and oxygen atoms in total. The Morgan fingerprint density at radius 3 is 2.85 bits per heavy atom. The Bertz CT molecular complexity index is 620. The number of carbonyl (C=O) groups is 1. The van der Waals surface area contributed by atoms with Crippen LogP contribution in [0, 0.1) is 6.92 Å². The van der Waals surface area contributed by atoms with Crippen LogP contribution in [0.25, 0.3) is 10.7 Å². The van der Waals surface area contributed by atoms with Crippen molar-refractivity contribution in [3.8, 4) is 10.7 Å². The first kappa shape index (κ1) is 14.7. The van der Waals surface area contributed by atoms with Gasteiger partial charge in [0.05, 0.1) is 18.0 Å². The number of aromatic nitrogens is 2. The summed E-state index contributed by atoms with van der Waals surface area (Å²) in [7, 11) is 0. The SMILES string of the molecule is CCOC(=O)C(C)(C)c1csc(-c2cc(C)ccn2)n1. The van der Waals surface area contributed by atoms with E-state index < -0.39 is 5.41 Å². The normalized spacial score (nSPS) is 11.4. The van der Waals surface area contributed by atoms with Crippen molar-refractivity contribution in [1.82, 2.24) is 9.97 Å². The van der Waals surface area contributed by atoms with Gasteiger partial charge in [0, 0.05) is 11.6 Å². The number of hydrogen-bond acceptors (Lipinski definition) is 5. The highest BCUT2D eigenvalue weighted by Gasteiger charge is 2.34. The maximum absolute atomic E-state index is 12.0. The average molecular weight is 290 g/mol. The number of aryl methyl sites for hydroxylation is 1. The molecule has 0 spiro atoms. The Hall–Kier alpha value is -1.75. The summed E-state index contributed by atoms with van der Waals surface area (Å²) in [4.78, 5) is 20.9. The van der Waals surface area contributed by atoms with Crippen LogP contribution in [-0.4, -0.2) is 22.5 Å². The molecular formula is C15H18N2O2S. The van der Waals surface area contributed by atoms with Crippen LogP contribution in [0.5, 0.6) is 0 Å². The van der Waals surface area contributed by atoms with Crippen LogP contribution in [0.4, 0.5) is 0 Å². The third kappa shape index (κ3) is 2.88. The highest BCUT2D eigenvalue weighted by Crippen LogP contribution is 2.30. The largest absolute Gasteiger partial charge is 0.465 e. The molecule has 0 aromatic carbocycles. The topological polar surface area (TPSA) is 52.1 Å². The van der Waals surface area contributed by atoms with E-state index in [4.69, 9.17) is 4.74 Å². The van der Waals surface area contributed by atoms with Gasteiger partial charge in [-0.15, -0.1) is 11.3 Å². The van der Waals surface area contributed by atoms with Gasteiger partial charge >= 0.3 is 5.97 Å². The number of esters is 1. The number of hydrogen-bond donors (Lipinski definition) is 0. The third-order valence-electron chi connectivity index (χ3n) is 3.06. The molecule has 0 unspecified atom stereocenters. The summed E-state index contributed by atoms with van der Waals surface area (Å²) >= 11 is 1.49. The molecule has 0 radical (unpaired) electrons. The van der Waals surface area contributed by atoms with Crippen LogP contribution in [0.1, 0.15) is 32.0 Å². The van der Waals surface area contributed by atoms with E-state index >= 15 is 0 Å². The van der Waals surface area contributed by atoms with E-state index in [-0.39, 0.29) is 5.97 Å². The first-order valence-electron chi connectivity index (χ1n) is 6.51. The second kappa shape index (κ2) is 5.71. The van der Waals surface area contributed by atoms with Crippen LogP contribution in [0.3, 0.4) is 0 Å². The maximum atomic E-state index is 12.0. The number of ether oxygens (including phenoxy) is 1. The lowest BCUT2D eigenvalue weighted by atomic mass is 9.90. The number of rotatable bonds is 4. The number of carbonyl (C=O) groups excluding carboxylic acids is 1. The standard InChI is InChI=1S/C15H18N2O2S/c1-5-19-14(18)15(3,4)12-9-20-13(17-12)11-8-10(2)6-7-16-11/h6-9H,5H2,1-4H3. The van der Waals surface area contributed by atoms with Gasteiger partial charge in [-0.2, -0.15) is 0 Å². The van der Waals surface area contributed by atoms with Crippen molar-refractivity contribution in [1.29, 1.82) is 0 Å². The second-order valence-electron chi connectivity index (χ2n) is 5.10. The first-order chi connectivity index (χ1) is 9.45. The molecule has 0 saturated carbocycles. The summed E-state index contributed by atoms with van der Waals surface area (Å²) in [6.07, 6.45) is 1.77. The molecule has 0 atom stereocenters. The highest BCUT2D eigenvalue weighted by atomic mass is 32.1. The minimum absolute atomic E-state index is 0.256. The molecule has 2 heterocycles. The van der Waals surface area contributed by atoms with Crippen LogP contribution in [0.2, 0.25) is 0 Å². The minimum atomic E-state index is -0.741. The Morgan fingerprint density at radius 1 is 1.45 bits per heavy atom. The van der Waals surface area contributed by atoms with Crippen molar-refractivity contribution in [2.75, 3.05) is 6.61 Å². The summed E-state index contributed by atoms with van der Waals surface area (Å²) in [6, 6.07) is 3.93. The zero-order valence-corrected chi connectivity index (χ0v) is 13.0. The van der Waals surface area contributed by atoms with Gasteiger partial charge < -0.3 is 4.74 Å². The van der Waals surface area contributed by atoms with Crippen molar-refractivity contribution in [3.05, 3.63) is 35.0 Å². The zero-order valence-electron chi connectivity index (χ0n) is 12.1. The van der Waals surface area contributed by atoms with E-state index in [2.05, 4.69) is 9.97 Å². The summed E-state index contributed by atoms with van der Waals surface area (Å²) in [5.74, 6) is -0.256. The Labute approximate surface area is 122 Å². The van der Waals surface area contributed by atoms with Gasteiger partial charge in [0.1, 0.15) is 10.4 Å². The highest BCUT2D eigenvalue weighted by molar-refractivity contribution is 7.13. The molecule has 2 rings (SSSR count). The summed E-state index contributed by atoms with van der Waals surface area (Å²) in [5.41, 5.74) is 1.95. The number of pyridine rings is 1. The van der Waals surface area contributed by atoms with Gasteiger partial charge in [0.15, 0.2) is 0 Å². The molecule has 0 saturated heterocycles. The molecule has 2 aromatic heterocycles. The fraction of sp³-hybridized carbons (Fsp3) is 0.400. The van der Waals surface area contributed by atoms with Crippen molar-refractivity contribution in [3.63, 3.8) is 0 Å². The molecule has 0 N–H and O–H groups in total. The fourth-order valence-electron chi connectivity index (χ4n) is 1.75. The summed E-state index contributed by atoms with van der Waals surface area (Å²) < 4.78 is 5.11. The molecule has 0 bridgehead atoms. The molecule has 106 valence electrons. The van der Waals surface area contributed by atoms with Crippen LogP contribution >= 0.6 is 11.3 Å². The lowest BCUT2D eigenvalue weighted by molar-refractivity contribution is -0.148. The number of thiazole rings is 1. The second-order valence-corrected chi connectivity index (χ2v) is 5.96. The van der Waals surface area contributed by atoms with Crippen LogP contribution < -0.4 is 0 Å². The molecular weight excluding hydrogens is 272 g/mol. The minimum Gasteiger partial charge on any atom is -0.465 e. The summed E-state index contributed by atoms with van der Waals surface area (Å²) in [6.45, 7) is 7.85. The van der Waals surface area contributed by atoms with Crippen molar-refractivity contribution in [2.24, 2.45) is 0 Å². The van der Waals surface area contributed by atoms with E-state index in [1.807, 2.05) is 38.3 Å². The van der Waals surface area contributed by atoms with Gasteiger partial charge in [-0.3, -0.25) is 9.78 Å². The van der Waals surface area contributed by atoms with Crippen LogP contribution in [-0.2, 0) is 14.9 Å². The molecule has 2 aromatic rings. The Kier molecular flexibility index (Phi) is 4.18. The summed E-state index contributed by atoms with van der Waals surface area (Å²) in [5, 5.41) is 2.72. The van der Waals surface area contributed by atoms with Crippen LogP contribution in [0.15, 0.2) is 23.7 Å². The smallest absolute Gasteiger partial charge is 0.317 e. The van der Waals surface area contributed by atoms with Crippen molar-refractivity contribution < 1.29 is 9.53 Å². The molecule has 0 aliphatic carbocycles. The fourth-order valence-corrected chi connectivity index (χ4v) is 2.70. The van der Waals surface area contributed by atoms with Crippen molar-refractivity contribution >= 4 is 17.3 Å². The predicted octanol–water partition coefficient (Wildman–Crippen LogP) is 3.35. The molecule has 0 aliphatic heterocycles. The average Bonchev–Trinajstić information content (AvgIpc) is 2.89. The molecule has 0 aliphatic rings. The van der Waals surface area contributed by atoms with E-state index in [0.717, 1.165) is 22.0 Å².